The Bertz CT molecular complexity index is 545. The predicted octanol–water partition coefficient (Wildman–Crippen LogP) is 3.11. The summed E-state index contributed by atoms with van der Waals surface area (Å²) in [5.74, 6) is -1.29. The monoisotopic (exact) mass is 284 g/mol. The molecule has 0 aliphatic carbocycles. The van der Waals surface area contributed by atoms with Crippen molar-refractivity contribution in [3.8, 4) is 5.75 Å². The van der Waals surface area contributed by atoms with Gasteiger partial charge < -0.3 is 10.1 Å². The summed E-state index contributed by atoms with van der Waals surface area (Å²) >= 11 is 1.52. The highest BCUT2D eigenvalue weighted by Gasteiger charge is 2.07. The molecule has 3 nitrogen and oxygen atoms in total. The van der Waals surface area contributed by atoms with Gasteiger partial charge in [-0.05, 0) is 18.7 Å². The Morgan fingerprint density at radius 3 is 2.95 bits per heavy atom. The number of hydrogen-bond donors (Lipinski definition) is 1. The zero-order valence-corrected chi connectivity index (χ0v) is 11.3. The molecule has 0 unspecified atom stereocenters. The van der Waals surface area contributed by atoms with Crippen LogP contribution in [0.5, 0.6) is 5.75 Å². The Kier molecular flexibility index (Phi) is 4.81. The summed E-state index contributed by atoms with van der Waals surface area (Å²) in [4.78, 5) is 4.34. The van der Waals surface area contributed by atoms with E-state index in [-0.39, 0.29) is 12.4 Å². The Labute approximate surface area is 114 Å². The van der Waals surface area contributed by atoms with Crippen LogP contribution in [0.15, 0.2) is 23.6 Å². The highest BCUT2D eigenvalue weighted by molar-refractivity contribution is 7.09. The van der Waals surface area contributed by atoms with E-state index in [0.29, 0.717) is 6.54 Å². The minimum atomic E-state index is -0.705. The van der Waals surface area contributed by atoms with Gasteiger partial charge in [-0.2, -0.15) is 0 Å². The largest absolute Gasteiger partial charge is 0.484 e. The second-order valence-electron chi connectivity index (χ2n) is 3.88. The summed E-state index contributed by atoms with van der Waals surface area (Å²) in [6.07, 6.45) is 0. The molecular weight excluding hydrogens is 270 g/mol. The molecule has 0 radical (unpaired) electrons. The number of thiazole rings is 1. The maximum Gasteiger partial charge on any atom is 0.167 e. The maximum absolute atomic E-state index is 13.3. The van der Waals surface area contributed by atoms with E-state index in [1.54, 1.807) is 0 Å². The zero-order valence-electron chi connectivity index (χ0n) is 10.5. The lowest BCUT2D eigenvalue weighted by Crippen LogP contribution is -2.11. The molecule has 0 saturated carbocycles. The number of aromatic nitrogens is 1. The van der Waals surface area contributed by atoms with Gasteiger partial charge in [0.2, 0.25) is 0 Å². The molecule has 0 saturated heterocycles. The van der Waals surface area contributed by atoms with E-state index in [9.17, 15) is 8.78 Å². The summed E-state index contributed by atoms with van der Waals surface area (Å²) in [5, 5.41) is 6.00. The number of nitrogens with zero attached hydrogens (tertiary/aromatic N) is 1. The molecule has 0 aliphatic rings. The highest BCUT2D eigenvalue weighted by atomic mass is 32.1. The first kappa shape index (κ1) is 13.9. The average Bonchev–Trinajstić information content (AvgIpc) is 2.83. The molecule has 1 heterocycles. The van der Waals surface area contributed by atoms with E-state index >= 15 is 0 Å². The van der Waals surface area contributed by atoms with Crippen molar-refractivity contribution >= 4 is 11.3 Å². The molecule has 102 valence electrons. The number of nitrogens with one attached hydrogen (secondary N) is 1. The minimum Gasteiger partial charge on any atom is -0.484 e. The summed E-state index contributed by atoms with van der Waals surface area (Å²) in [5.41, 5.74) is 0.738. The van der Waals surface area contributed by atoms with Crippen LogP contribution in [0, 0.1) is 11.6 Å². The van der Waals surface area contributed by atoms with Gasteiger partial charge in [0, 0.05) is 18.0 Å². The van der Waals surface area contributed by atoms with Gasteiger partial charge in [0.15, 0.2) is 11.6 Å². The van der Waals surface area contributed by atoms with Crippen molar-refractivity contribution in [2.45, 2.75) is 20.1 Å². The second-order valence-corrected chi connectivity index (χ2v) is 4.82. The average molecular weight is 284 g/mol. The third-order valence-electron chi connectivity index (χ3n) is 2.40. The molecule has 0 bridgehead atoms. The number of halogens is 2. The van der Waals surface area contributed by atoms with Crippen LogP contribution in [0.2, 0.25) is 0 Å². The predicted molar refractivity (Wildman–Crippen MR) is 70.2 cm³/mol. The van der Waals surface area contributed by atoms with E-state index in [2.05, 4.69) is 10.3 Å². The fourth-order valence-electron chi connectivity index (χ4n) is 1.47. The van der Waals surface area contributed by atoms with Gasteiger partial charge in [-0.3, -0.25) is 0 Å². The van der Waals surface area contributed by atoms with Crippen LogP contribution >= 0.6 is 11.3 Å². The normalized spacial score (nSPS) is 10.7. The molecule has 0 spiro atoms. The Balaban J connectivity index is 1.92. The van der Waals surface area contributed by atoms with E-state index in [1.165, 1.54) is 17.4 Å². The SMILES string of the molecule is CCNCc1nc(COc2ccc(F)cc2F)cs1. The molecule has 0 fully saturated rings. The fraction of sp³-hybridized carbons (Fsp3) is 0.308. The molecule has 0 atom stereocenters. The summed E-state index contributed by atoms with van der Waals surface area (Å²) < 4.78 is 31.3. The lowest BCUT2D eigenvalue weighted by Gasteiger charge is -2.05. The van der Waals surface area contributed by atoms with Gasteiger partial charge in [-0.15, -0.1) is 11.3 Å². The van der Waals surface area contributed by atoms with Crippen LogP contribution in [-0.4, -0.2) is 11.5 Å². The molecule has 2 aromatic rings. The molecule has 2 rings (SSSR count). The smallest absolute Gasteiger partial charge is 0.167 e. The first-order valence-electron chi connectivity index (χ1n) is 5.91. The Hall–Kier alpha value is -1.53. The van der Waals surface area contributed by atoms with Crippen LogP contribution in [0.1, 0.15) is 17.6 Å². The molecule has 1 aromatic carbocycles. The molecule has 1 aromatic heterocycles. The molecule has 0 aliphatic heterocycles. The lowest BCUT2D eigenvalue weighted by molar-refractivity contribution is 0.285. The van der Waals surface area contributed by atoms with E-state index in [0.717, 1.165) is 29.4 Å². The number of ether oxygens (including phenoxy) is 1. The van der Waals surface area contributed by atoms with E-state index in [4.69, 9.17) is 4.74 Å². The van der Waals surface area contributed by atoms with Crippen molar-refractivity contribution in [1.82, 2.24) is 10.3 Å². The van der Waals surface area contributed by atoms with E-state index < -0.39 is 11.6 Å². The van der Waals surface area contributed by atoms with Gasteiger partial charge in [0.25, 0.3) is 0 Å². The molecule has 6 heteroatoms. The molecule has 1 N–H and O–H groups in total. The summed E-state index contributed by atoms with van der Waals surface area (Å²) in [6, 6.07) is 3.24. The topological polar surface area (TPSA) is 34.2 Å². The number of benzene rings is 1. The Morgan fingerprint density at radius 2 is 2.21 bits per heavy atom. The van der Waals surface area contributed by atoms with Crippen LogP contribution in [0.4, 0.5) is 8.78 Å². The standard InChI is InChI=1S/C13H14F2N2OS/c1-2-16-6-13-17-10(8-19-13)7-18-12-4-3-9(14)5-11(12)15/h3-5,8,16H,2,6-7H2,1H3. The Morgan fingerprint density at radius 1 is 1.37 bits per heavy atom. The minimum absolute atomic E-state index is 0.0302. The van der Waals surface area contributed by atoms with Crippen molar-refractivity contribution in [3.05, 3.63) is 45.9 Å². The first-order valence-corrected chi connectivity index (χ1v) is 6.79. The third kappa shape index (κ3) is 3.97. The van der Waals surface area contributed by atoms with Gasteiger partial charge in [-0.25, -0.2) is 13.8 Å². The highest BCUT2D eigenvalue weighted by Crippen LogP contribution is 2.19. The lowest BCUT2D eigenvalue weighted by atomic mass is 10.3. The second kappa shape index (κ2) is 6.58. The van der Waals surface area contributed by atoms with Crippen molar-refractivity contribution in [3.63, 3.8) is 0 Å². The van der Waals surface area contributed by atoms with Crippen LogP contribution < -0.4 is 10.1 Å². The van der Waals surface area contributed by atoms with Crippen molar-refractivity contribution < 1.29 is 13.5 Å². The fourth-order valence-corrected chi connectivity index (χ4v) is 2.22. The zero-order chi connectivity index (χ0) is 13.7. The maximum atomic E-state index is 13.3. The van der Waals surface area contributed by atoms with Crippen LogP contribution in [-0.2, 0) is 13.2 Å². The van der Waals surface area contributed by atoms with Crippen molar-refractivity contribution in [2.24, 2.45) is 0 Å². The molecular formula is C13H14F2N2OS. The third-order valence-corrected chi connectivity index (χ3v) is 3.29. The number of rotatable bonds is 6. The van der Waals surface area contributed by atoms with Gasteiger partial charge >= 0.3 is 0 Å². The van der Waals surface area contributed by atoms with E-state index in [1.807, 2.05) is 12.3 Å². The van der Waals surface area contributed by atoms with Gasteiger partial charge in [0.05, 0.1) is 5.69 Å². The molecule has 19 heavy (non-hydrogen) atoms. The van der Waals surface area contributed by atoms with Crippen molar-refractivity contribution in [1.29, 1.82) is 0 Å². The van der Waals surface area contributed by atoms with Crippen molar-refractivity contribution in [2.75, 3.05) is 6.54 Å². The van der Waals surface area contributed by atoms with Crippen LogP contribution in [0.25, 0.3) is 0 Å². The summed E-state index contributed by atoms with van der Waals surface area (Å²) in [7, 11) is 0. The van der Waals surface area contributed by atoms with Crippen LogP contribution in [0.3, 0.4) is 0 Å². The first-order chi connectivity index (χ1) is 9.19. The summed E-state index contributed by atoms with van der Waals surface area (Å²) in [6.45, 7) is 3.79. The molecule has 0 amide bonds. The van der Waals surface area contributed by atoms with Gasteiger partial charge in [0.1, 0.15) is 17.4 Å². The quantitative estimate of drug-likeness (QED) is 0.885. The van der Waals surface area contributed by atoms with Gasteiger partial charge in [-0.1, -0.05) is 6.92 Å². The number of hydrogen-bond acceptors (Lipinski definition) is 4.